The van der Waals surface area contributed by atoms with E-state index >= 15 is 0 Å². The molecular formula is C21H15F4N3O4. The Morgan fingerprint density at radius 3 is 2.34 bits per heavy atom. The van der Waals surface area contributed by atoms with Gasteiger partial charge >= 0.3 is 12.2 Å². The lowest BCUT2D eigenvalue weighted by Crippen LogP contribution is -2.34. The van der Waals surface area contributed by atoms with Gasteiger partial charge < -0.3 is 14.8 Å². The van der Waals surface area contributed by atoms with Crippen molar-refractivity contribution >= 4 is 17.6 Å². The normalized spacial score (nSPS) is 10.9. The third-order valence-electron chi connectivity index (χ3n) is 3.96. The van der Waals surface area contributed by atoms with E-state index in [9.17, 15) is 27.2 Å². The van der Waals surface area contributed by atoms with Crippen molar-refractivity contribution in [3.8, 4) is 17.4 Å². The summed E-state index contributed by atoms with van der Waals surface area (Å²) < 4.78 is 62.0. The first-order valence-electron chi connectivity index (χ1n) is 8.93. The molecule has 3 amide bonds. The van der Waals surface area contributed by atoms with E-state index in [2.05, 4.69) is 10.3 Å². The number of pyridine rings is 1. The molecule has 2 N–H and O–H groups in total. The van der Waals surface area contributed by atoms with Crippen LogP contribution in [0.1, 0.15) is 16.1 Å². The Bertz CT molecular complexity index is 1130. The maximum atomic E-state index is 12.9. The quantitative estimate of drug-likeness (QED) is 0.535. The predicted molar refractivity (Wildman–Crippen MR) is 105 cm³/mol. The fraction of sp³-hybridized carbons (Fsp3) is 0.0952. The standard InChI is InChI=1S/C21H15F4N3O4/c1-31-16-10-17(19(29)28-20(30)26-14-7-5-13(22)6-8-14)27-18(11-16)32-15-4-2-3-12(9-15)21(23,24)25/h2-11H,1H3,(H2,26,28,29,30). The van der Waals surface area contributed by atoms with Crippen LogP contribution in [0.3, 0.4) is 0 Å². The number of aromatic nitrogens is 1. The average molecular weight is 449 g/mol. The molecule has 0 saturated carbocycles. The predicted octanol–water partition coefficient (Wildman–Crippen LogP) is 5.00. The van der Waals surface area contributed by atoms with E-state index in [0.29, 0.717) is 0 Å². The highest BCUT2D eigenvalue weighted by Gasteiger charge is 2.30. The zero-order valence-electron chi connectivity index (χ0n) is 16.4. The second kappa shape index (κ2) is 9.33. The van der Waals surface area contributed by atoms with Crippen LogP contribution in [-0.4, -0.2) is 24.0 Å². The van der Waals surface area contributed by atoms with Gasteiger partial charge in [-0.2, -0.15) is 13.2 Å². The second-order valence-corrected chi connectivity index (χ2v) is 6.27. The summed E-state index contributed by atoms with van der Waals surface area (Å²) in [5.41, 5.74) is -0.974. The molecule has 32 heavy (non-hydrogen) atoms. The number of amides is 3. The molecule has 3 rings (SSSR count). The van der Waals surface area contributed by atoms with Crippen LogP contribution in [-0.2, 0) is 6.18 Å². The Morgan fingerprint density at radius 1 is 0.969 bits per heavy atom. The van der Waals surface area contributed by atoms with Crippen molar-refractivity contribution < 1.29 is 36.6 Å². The summed E-state index contributed by atoms with van der Waals surface area (Å²) >= 11 is 0. The molecule has 0 aliphatic carbocycles. The zero-order valence-corrected chi connectivity index (χ0v) is 16.4. The summed E-state index contributed by atoms with van der Waals surface area (Å²) in [6.45, 7) is 0. The summed E-state index contributed by atoms with van der Waals surface area (Å²) in [4.78, 5) is 28.3. The number of methoxy groups -OCH3 is 1. The van der Waals surface area contributed by atoms with Gasteiger partial charge in [0.25, 0.3) is 5.91 Å². The second-order valence-electron chi connectivity index (χ2n) is 6.27. The van der Waals surface area contributed by atoms with Crippen LogP contribution in [0, 0.1) is 5.82 Å². The van der Waals surface area contributed by atoms with Gasteiger partial charge in [-0.25, -0.2) is 14.2 Å². The summed E-state index contributed by atoms with van der Waals surface area (Å²) in [6, 6.07) is 10.5. The molecule has 0 radical (unpaired) electrons. The van der Waals surface area contributed by atoms with E-state index in [1.54, 1.807) is 0 Å². The number of halogens is 4. The van der Waals surface area contributed by atoms with E-state index in [4.69, 9.17) is 9.47 Å². The Kier molecular flexibility index (Phi) is 6.57. The van der Waals surface area contributed by atoms with Crippen molar-refractivity contribution in [3.63, 3.8) is 0 Å². The summed E-state index contributed by atoms with van der Waals surface area (Å²) in [6.07, 6.45) is -4.57. The van der Waals surface area contributed by atoms with Crippen LogP contribution >= 0.6 is 0 Å². The smallest absolute Gasteiger partial charge is 0.416 e. The van der Waals surface area contributed by atoms with Gasteiger partial charge in [0.2, 0.25) is 5.88 Å². The molecule has 7 nitrogen and oxygen atoms in total. The van der Waals surface area contributed by atoms with Gasteiger partial charge in [-0.15, -0.1) is 0 Å². The van der Waals surface area contributed by atoms with E-state index < -0.39 is 29.5 Å². The van der Waals surface area contributed by atoms with Crippen molar-refractivity contribution in [2.24, 2.45) is 0 Å². The van der Waals surface area contributed by atoms with Crippen molar-refractivity contribution in [2.75, 3.05) is 12.4 Å². The number of ether oxygens (including phenoxy) is 2. The minimum atomic E-state index is -4.57. The number of nitrogens with zero attached hydrogens (tertiary/aromatic N) is 1. The minimum Gasteiger partial charge on any atom is -0.496 e. The molecule has 0 unspecified atom stereocenters. The van der Waals surface area contributed by atoms with Crippen LogP contribution in [0.15, 0.2) is 60.7 Å². The summed E-state index contributed by atoms with van der Waals surface area (Å²) in [7, 11) is 1.30. The largest absolute Gasteiger partial charge is 0.496 e. The number of nitrogens with one attached hydrogen (secondary N) is 2. The first-order chi connectivity index (χ1) is 15.1. The maximum absolute atomic E-state index is 12.9. The molecule has 1 aromatic heterocycles. The number of benzene rings is 2. The highest BCUT2D eigenvalue weighted by molar-refractivity contribution is 6.07. The Balaban J connectivity index is 1.76. The molecule has 0 saturated heterocycles. The van der Waals surface area contributed by atoms with Crippen molar-refractivity contribution in [2.45, 2.75) is 6.18 Å². The van der Waals surface area contributed by atoms with Gasteiger partial charge in [0, 0.05) is 17.8 Å². The lowest BCUT2D eigenvalue weighted by Gasteiger charge is -2.12. The van der Waals surface area contributed by atoms with E-state index in [0.717, 1.165) is 30.3 Å². The van der Waals surface area contributed by atoms with Gasteiger partial charge in [-0.1, -0.05) is 6.07 Å². The van der Waals surface area contributed by atoms with Crippen LogP contribution in [0.2, 0.25) is 0 Å². The van der Waals surface area contributed by atoms with Gasteiger partial charge in [0.05, 0.1) is 12.7 Å². The number of imide groups is 1. The monoisotopic (exact) mass is 449 g/mol. The molecule has 11 heteroatoms. The van der Waals surface area contributed by atoms with E-state index in [-0.39, 0.29) is 28.8 Å². The molecule has 1 heterocycles. The summed E-state index contributed by atoms with van der Waals surface area (Å²) in [5.74, 6) is -1.71. The highest BCUT2D eigenvalue weighted by Crippen LogP contribution is 2.33. The number of hydrogen-bond acceptors (Lipinski definition) is 5. The third kappa shape index (κ3) is 5.94. The van der Waals surface area contributed by atoms with Crippen molar-refractivity contribution in [3.05, 3.63) is 77.7 Å². The van der Waals surface area contributed by atoms with Crippen LogP contribution in [0.4, 0.5) is 28.0 Å². The van der Waals surface area contributed by atoms with Crippen LogP contribution < -0.4 is 20.1 Å². The molecule has 0 aliphatic rings. The molecule has 166 valence electrons. The molecule has 0 aliphatic heterocycles. The number of alkyl halides is 3. The Morgan fingerprint density at radius 2 is 1.69 bits per heavy atom. The minimum absolute atomic E-state index is 0.117. The zero-order chi connectivity index (χ0) is 23.3. The molecule has 0 bridgehead atoms. The molecule has 0 spiro atoms. The van der Waals surface area contributed by atoms with Crippen LogP contribution in [0.25, 0.3) is 0 Å². The fourth-order valence-electron chi connectivity index (χ4n) is 2.49. The highest BCUT2D eigenvalue weighted by atomic mass is 19.4. The average Bonchev–Trinajstić information content (AvgIpc) is 2.74. The number of rotatable bonds is 5. The van der Waals surface area contributed by atoms with E-state index in [1.165, 1.54) is 37.4 Å². The number of anilines is 1. The van der Waals surface area contributed by atoms with Gasteiger partial charge in [0.15, 0.2) is 0 Å². The van der Waals surface area contributed by atoms with Crippen molar-refractivity contribution in [1.29, 1.82) is 0 Å². The van der Waals surface area contributed by atoms with Crippen LogP contribution in [0.5, 0.6) is 17.4 Å². The summed E-state index contributed by atoms with van der Waals surface area (Å²) in [5, 5.41) is 4.36. The number of urea groups is 1. The van der Waals surface area contributed by atoms with Gasteiger partial charge in [0.1, 0.15) is 23.0 Å². The molecule has 0 fully saturated rings. The third-order valence-corrected chi connectivity index (χ3v) is 3.96. The molecular weight excluding hydrogens is 434 g/mol. The van der Waals surface area contributed by atoms with Crippen molar-refractivity contribution in [1.82, 2.24) is 10.3 Å². The first kappa shape index (κ1) is 22.5. The lowest BCUT2D eigenvalue weighted by molar-refractivity contribution is -0.137. The molecule has 0 atom stereocenters. The number of carbonyl (C=O) groups excluding carboxylic acids is 2. The Labute approximate surface area is 179 Å². The molecule has 2 aromatic carbocycles. The topological polar surface area (TPSA) is 89.6 Å². The van der Waals surface area contributed by atoms with Gasteiger partial charge in [-0.3, -0.25) is 10.1 Å². The maximum Gasteiger partial charge on any atom is 0.416 e. The number of carbonyl (C=O) groups is 2. The number of hydrogen-bond donors (Lipinski definition) is 2. The lowest BCUT2D eigenvalue weighted by atomic mass is 10.2. The van der Waals surface area contributed by atoms with Gasteiger partial charge in [-0.05, 0) is 42.5 Å². The van der Waals surface area contributed by atoms with E-state index in [1.807, 2.05) is 5.32 Å². The Hall–Kier alpha value is -4.15. The first-order valence-corrected chi connectivity index (χ1v) is 8.93. The fourth-order valence-corrected chi connectivity index (χ4v) is 2.49. The molecule has 3 aromatic rings. The SMILES string of the molecule is COc1cc(Oc2cccc(C(F)(F)F)c2)nc(C(=O)NC(=O)Nc2ccc(F)cc2)c1.